The number of fused-ring (bicyclic) bond motifs is 4. The van der Waals surface area contributed by atoms with E-state index in [0.29, 0.717) is 49.7 Å². The lowest BCUT2D eigenvalue weighted by Gasteiger charge is -2.54. The fourth-order valence-corrected chi connectivity index (χ4v) is 9.05. The number of rotatable bonds is 8. The Balaban J connectivity index is 1.21. The van der Waals surface area contributed by atoms with Gasteiger partial charge in [-0.3, -0.25) is 24.2 Å². The number of aliphatic hydroxyl groups is 1. The van der Waals surface area contributed by atoms with Crippen molar-refractivity contribution < 1.29 is 43.6 Å². The second-order valence-electron chi connectivity index (χ2n) is 14.3. The Bertz CT molecular complexity index is 1400. The highest BCUT2D eigenvalue weighted by atomic mass is 16.6. The van der Waals surface area contributed by atoms with E-state index in [4.69, 9.17) is 14.2 Å². The Morgan fingerprint density at radius 1 is 0.826 bits per heavy atom. The number of ether oxygens (including phenoxy) is 3. The Labute approximate surface area is 269 Å². The molecule has 4 bridgehead atoms. The topological polar surface area (TPSA) is 143 Å². The third-order valence-electron chi connectivity index (χ3n) is 11.9. The van der Waals surface area contributed by atoms with Crippen molar-refractivity contribution in [3.63, 3.8) is 0 Å². The molecule has 2 N–H and O–H groups in total. The van der Waals surface area contributed by atoms with E-state index < -0.39 is 59.4 Å². The van der Waals surface area contributed by atoms with Gasteiger partial charge in [-0.25, -0.2) is 4.79 Å². The van der Waals surface area contributed by atoms with E-state index in [2.05, 4.69) is 9.80 Å². The molecule has 0 spiro atoms. The van der Waals surface area contributed by atoms with Crippen molar-refractivity contribution in [2.75, 3.05) is 14.1 Å². The third kappa shape index (κ3) is 5.44. The van der Waals surface area contributed by atoms with Gasteiger partial charge in [0.2, 0.25) is 0 Å². The molecule has 11 heteroatoms. The first-order chi connectivity index (χ1) is 21.8. The van der Waals surface area contributed by atoms with Gasteiger partial charge in [-0.15, -0.1) is 0 Å². The maximum Gasteiger partial charge on any atom is 0.333 e. The molecule has 1 aromatic rings. The number of carbonyl (C=O) groups excluding carboxylic acids is 3. The molecule has 0 amide bonds. The number of allylic oxidation sites excluding steroid dienone is 1. The van der Waals surface area contributed by atoms with E-state index in [-0.39, 0.29) is 36.2 Å². The van der Waals surface area contributed by atoms with Crippen LogP contribution < -0.4 is 0 Å². The van der Waals surface area contributed by atoms with E-state index in [9.17, 15) is 29.4 Å². The lowest BCUT2D eigenvalue weighted by Crippen LogP contribution is -2.64. The molecule has 46 heavy (non-hydrogen) atoms. The minimum Gasteiger partial charge on any atom is -0.481 e. The van der Waals surface area contributed by atoms with Gasteiger partial charge in [0.25, 0.3) is 0 Å². The first kappa shape index (κ1) is 32.7. The summed E-state index contributed by atoms with van der Waals surface area (Å²) < 4.78 is 18.0. The highest BCUT2D eigenvalue weighted by Crippen LogP contribution is 2.62. The number of esters is 3. The Morgan fingerprint density at radius 3 is 2.00 bits per heavy atom. The SMILES string of the molecule is C/C=C(/C)C(=O)O[C@@H]1C[C@@H]2C[C@H](OC(=O)C3C(c4ccccc4)C(C(=O)O[C@@H]4C[C@@H]5C[C@@H](O)C[C@H]4N5C)C3(C)C(=O)O)C[C@H]1N2C. The molecular weight excluding hydrogens is 592 g/mol. The number of hydrogen-bond acceptors (Lipinski definition) is 10. The number of carboxylic acids is 1. The van der Waals surface area contributed by atoms with Crippen LogP contribution in [0.2, 0.25) is 0 Å². The second kappa shape index (κ2) is 12.4. The largest absolute Gasteiger partial charge is 0.481 e. The van der Waals surface area contributed by atoms with Gasteiger partial charge in [-0.2, -0.15) is 0 Å². The number of hydrogen-bond donors (Lipinski definition) is 2. The summed E-state index contributed by atoms with van der Waals surface area (Å²) in [5, 5.41) is 20.9. The first-order valence-electron chi connectivity index (χ1n) is 16.5. The number of aliphatic carboxylic acids is 1. The molecule has 250 valence electrons. The van der Waals surface area contributed by atoms with Crippen LogP contribution in [0.4, 0.5) is 0 Å². The van der Waals surface area contributed by atoms with Crippen molar-refractivity contribution in [1.29, 1.82) is 0 Å². The van der Waals surface area contributed by atoms with E-state index in [1.165, 1.54) is 6.92 Å². The van der Waals surface area contributed by atoms with Crippen molar-refractivity contribution in [2.24, 2.45) is 17.3 Å². The first-order valence-corrected chi connectivity index (χ1v) is 16.5. The standard InChI is InChI=1S/C35H46N2O9/c1-6-18(2)31(39)45-27-15-21-13-23(17-25(27)37(21)5)44-32(40)29-28(19-10-8-7-9-11-19)30(35(29,3)34(42)43)33(41)46-26-14-20-12-22(38)16-24(26)36(20)4/h6-11,20-30,38H,12-17H2,1-5H3,(H,42,43)/b18-6-/t20-,21-,22+,23-,24+,25+,26+,27+,28?,29?,30?,35?/m0/s1. The lowest BCUT2D eigenvalue weighted by atomic mass is 9.45. The number of piperidine rings is 2. The second-order valence-corrected chi connectivity index (χ2v) is 14.3. The molecule has 1 aromatic carbocycles. The molecule has 5 fully saturated rings. The summed E-state index contributed by atoms with van der Waals surface area (Å²) in [5.41, 5.74) is -0.538. The smallest absolute Gasteiger partial charge is 0.333 e. The number of carboxylic acid groups (broad SMARTS) is 1. The maximum absolute atomic E-state index is 14.1. The fraction of sp³-hybridized carbons (Fsp3) is 0.657. The van der Waals surface area contributed by atoms with Crippen molar-refractivity contribution >= 4 is 23.9 Å². The van der Waals surface area contributed by atoms with Crippen LogP contribution in [0, 0.1) is 17.3 Å². The molecule has 1 aliphatic carbocycles. The predicted molar refractivity (Wildman–Crippen MR) is 165 cm³/mol. The highest BCUT2D eigenvalue weighted by Gasteiger charge is 2.71. The van der Waals surface area contributed by atoms with Gasteiger partial charge < -0.3 is 24.4 Å². The Kier molecular flexibility index (Phi) is 8.80. The highest BCUT2D eigenvalue weighted by molar-refractivity contribution is 5.95. The van der Waals surface area contributed by atoms with E-state index in [1.54, 1.807) is 44.2 Å². The van der Waals surface area contributed by atoms with Crippen LogP contribution in [-0.4, -0.2) is 107 Å². The summed E-state index contributed by atoms with van der Waals surface area (Å²) in [4.78, 5) is 57.8. The number of carbonyl (C=O) groups is 4. The van der Waals surface area contributed by atoms with Gasteiger partial charge in [0.1, 0.15) is 18.3 Å². The van der Waals surface area contributed by atoms with Gasteiger partial charge in [-0.1, -0.05) is 36.4 Å². The van der Waals surface area contributed by atoms with E-state index in [1.807, 2.05) is 20.2 Å². The van der Waals surface area contributed by atoms with E-state index >= 15 is 0 Å². The molecule has 11 nitrogen and oxygen atoms in total. The third-order valence-corrected chi connectivity index (χ3v) is 11.9. The number of aliphatic hydroxyl groups excluding tert-OH is 1. The summed E-state index contributed by atoms with van der Waals surface area (Å²) >= 11 is 0. The summed E-state index contributed by atoms with van der Waals surface area (Å²) in [6, 6.07) is 8.91. The van der Waals surface area contributed by atoms with Gasteiger partial charge in [-0.05, 0) is 53.3 Å². The summed E-state index contributed by atoms with van der Waals surface area (Å²) in [7, 11) is 3.94. The molecule has 12 atom stereocenters. The quantitative estimate of drug-likeness (QED) is 0.247. The molecule has 6 rings (SSSR count). The van der Waals surface area contributed by atoms with Crippen LogP contribution in [0.1, 0.15) is 70.8 Å². The summed E-state index contributed by atoms with van der Waals surface area (Å²) in [6.07, 6.45) is 3.25. The van der Waals surface area contributed by atoms with Gasteiger partial charge in [0.05, 0.1) is 29.4 Å². The predicted octanol–water partition coefficient (Wildman–Crippen LogP) is 2.90. The van der Waals surface area contributed by atoms with Crippen LogP contribution in [0.15, 0.2) is 42.0 Å². The molecule has 4 saturated heterocycles. The van der Waals surface area contributed by atoms with Crippen molar-refractivity contribution in [3.8, 4) is 0 Å². The molecule has 5 aliphatic rings. The normalized spacial score (nSPS) is 40.6. The monoisotopic (exact) mass is 638 g/mol. The van der Waals surface area contributed by atoms with Gasteiger partial charge in [0, 0.05) is 55.3 Å². The minimum atomic E-state index is -1.75. The molecule has 4 aliphatic heterocycles. The van der Waals surface area contributed by atoms with E-state index in [0.717, 1.165) is 0 Å². The van der Waals surface area contributed by atoms with Crippen LogP contribution in [0.25, 0.3) is 0 Å². The van der Waals surface area contributed by atoms with Crippen molar-refractivity contribution in [2.45, 2.75) is 114 Å². The Morgan fingerprint density at radius 2 is 1.39 bits per heavy atom. The summed E-state index contributed by atoms with van der Waals surface area (Å²) in [6.45, 7) is 4.95. The van der Waals surface area contributed by atoms with Crippen molar-refractivity contribution in [3.05, 3.63) is 47.5 Å². The van der Waals surface area contributed by atoms with Gasteiger partial charge in [0.15, 0.2) is 0 Å². The molecule has 0 aromatic heterocycles. The summed E-state index contributed by atoms with van der Waals surface area (Å²) in [5.74, 6) is -5.85. The van der Waals surface area contributed by atoms with Crippen LogP contribution >= 0.6 is 0 Å². The van der Waals surface area contributed by atoms with Crippen LogP contribution in [0.5, 0.6) is 0 Å². The zero-order valence-electron chi connectivity index (χ0n) is 27.2. The molecule has 4 heterocycles. The number of benzene rings is 1. The average Bonchev–Trinajstić information content (AvgIpc) is 3.27. The molecule has 4 unspecified atom stereocenters. The number of nitrogens with zero attached hydrogens (tertiary/aromatic N) is 2. The zero-order chi connectivity index (χ0) is 33.1. The fourth-order valence-electron chi connectivity index (χ4n) is 9.05. The minimum absolute atomic E-state index is 0.0441. The van der Waals surface area contributed by atoms with Crippen LogP contribution in [-0.2, 0) is 33.4 Å². The molecule has 1 saturated carbocycles. The average molecular weight is 639 g/mol. The Hall–Kier alpha value is -3.28. The zero-order valence-corrected chi connectivity index (χ0v) is 27.2. The maximum atomic E-state index is 14.1. The molecular formula is C35H46N2O9. The lowest BCUT2D eigenvalue weighted by molar-refractivity contribution is -0.205. The van der Waals surface area contributed by atoms with Crippen LogP contribution in [0.3, 0.4) is 0 Å². The molecule has 0 radical (unpaired) electrons. The van der Waals surface area contributed by atoms with Gasteiger partial charge >= 0.3 is 23.9 Å². The number of likely N-dealkylation sites (N-methyl/N-ethyl adjacent to an activating group) is 2. The van der Waals surface area contributed by atoms with Crippen molar-refractivity contribution in [1.82, 2.24) is 9.80 Å².